The molecule has 0 bridgehead atoms. The second kappa shape index (κ2) is 6.24. The number of hydrogen-bond donors (Lipinski definition) is 0. The first-order valence-corrected chi connectivity index (χ1v) is 10.0. The van der Waals surface area contributed by atoms with Gasteiger partial charge >= 0.3 is 0 Å². The summed E-state index contributed by atoms with van der Waals surface area (Å²) >= 11 is 0. The van der Waals surface area contributed by atoms with E-state index < -0.39 is 0 Å². The molecule has 28 heavy (non-hydrogen) atoms. The van der Waals surface area contributed by atoms with E-state index in [-0.39, 0.29) is 5.41 Å². The maximum atomic E-state index is 2.51. The zero-order valence-corrected chi connectivity index (χ0v) is 16.7. The van der Waals surface area contributed by atoms with E-state index in [0.29, 0.717) is 0 Å². The fourth-order valence-electron chi connectivity index (χ4n) is 4.84. The number of aryl methyl sites for hydroxylation is 1. The van der Waals surface area contributed by atoms with E-state index in [1.807, 2.05) is 0 Å². The third-order valence-corrected chi connectivity index (χ3v) is 6.01. The first-order valence-electron chi connectivity index (χ1n) is 10.0. The van der Waals surface area contributed by atoms with Crippen LogP contribution in [0.3, 0.4) is 0 Å². The zero-order chi connectivity index (χ0) is 19.3. The fraction of sp³-hybridized carbons (Fsp3) is 0.185. The van der Waals surface area contributed by atoms with Crippen molar-refractivity contribution in [1.82, 2.24) is 0 Å². The summed E-state index contributed by atoms with van der Waals surface area (Å²) in [5.41, 5.74) is 8.17. The molecule has 0 unspecified atom stereocenters. The Bertz CT molecular complexity index is 1150. The molecule has 0 spiro atoms. The van der Waals surface area contributed by atoms with Crippen LogP contribution in [0, 0.1) is 6.92 Å². The quantitative estimate of drug-likeness (QED) is 0.363. The van der Waals surface area contributed by atoms with Crippen LogP contribution in [0.4, 0.5) is 11.4 Å². The van der Waals surface area contributed by atoms with Crippen LogP contribution in [0.1, 0.15) is 25.0 Å². The molecule has 0 N–H and O–H groups in total. The van der Waals surface area contributed by atoms with Gasteiger partial charge in [0.15, 0.2) is 0 Å². The summed E-state index contributed by atoms with van der Waals surface area (Å²) in [4.78, 5) is 2.51. The summed E-state index contributed by atoms with van der Waals surface area (Å²) in [6, 6.07) is 30.7. The molecule has 0 atom stereocenters. The maximum Gasteiger partial charge on any atom is 0.0532 e. The summed E-state index contributed by atoms with van der Waals surface area (Å²) in [6.07, 6.45) is 0. The van der Waals surface area contributed by atoms with Crippen molar-refractivity contribution in [1.29, 1.82) is 0 Å². The molecule has 1 nitrogen and oxygen atoms in total. The highest BCUT2D eigenvalue weighted by Crippen LogP contribution is 2.49. The van der Waals surface area contributed by atoms with Crippen molar-refractivity contribution in [2.24, 2.45) is 0 Å². The third kappa shape index (κ3) is 2.62. The van der Waals surface area contributed by atoms with E-state index in [1.165, 1.54) is 44.4 Å². The number of benzene rings is 4. The van der Waals surface area contributed by atoms with Crippen molar-refractivity contribution in [3.05, 3.63) is 96.1 Å². The lowest BCUT2D eigenvalue weighted by Crippen LogP contribution is -2.25. The fourth-order valence-corrected chi connectivity index (χ4v) is 4.84. The highest BCUT2D eigenvalue weighted by Gasteiger charge is 2.38. The van der Waals surface area contributed by atoms with Gasteiger partial charge in [0.05, 0.1) is 5.69 Å². The lowest BCUT2D eigenvalue weighted by atomic mass is 9.83. The van der Waals surface area contributed by atoms with Gasteiger partial charge in [0, 0.05) is 23.0 Å². The van der Waals surface area contributed by atoms with Gasteiger partial charge in [0.25, 0.3) is 0 Å². The van der Waals surface area contributed by atoms with E-state index in [1.54, 1.807) is 0 Å². The van der Waals surface area contributed by atoms with Crippen LogP contribution in [0.5, 0.6) is 0 Å². The molecular weight excluding hydrogens is 338 g/mol. The van der Waals surface area contributed by atoms with Crippen molar-refractivity contribution in [2.75, 3.05) is 11.4 Å². The molecule has 5 rings (SSSR count). The topological polar surface area (TPSA) is 3.24 Å². The van der Waals surface area contributed by atoms with Crippen molar-refractivity contribution < 1.29 is 0 Å². The molecule has 0 saturated carbocycles. The second-order valence-corrected chi connectivity index (χ2v) is 8.52. The van der Waals surface area contributed by atoms with E-state index >= 15 is 0 Å². The highest BCUT2D eigenvalue weighted by atomic mass is 15.2. The molecule has 138 valence electrons. The Morgan fingerprint density at radius 2 is 1.39 bits per heavy atom. The number of rotatable bonds is 2. The minimum Gasteiger partial charge on any atom is -0.340 e. The third-order valence-electron chi connectivity index (χ3n) is 6.01. The minimum absolute atomic E-state index is 0.127. The molecule has 1 heterocycles. The molecule has 0 aromatic heterocycles. The molecule has 4 aromatic carbocycles. The monoisotopic (exact) mass is 363 g/mol. The van der Waals surface area contributed by atoms with Crippen LogP contribution in [0.15, 0.2) is 84.9 Å². The predicted molar refractivity (Wildman–Crippen MR) is 121 cm³/mol. The zero-order valence-electron chi connectivity index (χ0n) is 16.7. The Hall–Kier alpha value is -3.06. The second-order valence-electron chi connectivity index (χ2n) is 8.52. The van der Waals surface area contributed by atoms with Crippen LogP contribution in [0.25, 0.3) is 21.9 Å². The standard InChI is InChI=1S/C27H25N/c1-19-17-22-11-7-8-12-24(22)26-25(19)27(2,3)18-28(26)23-15-13-21(14-16-23)20-9-5-4-6-10-20/h4-17H,18H2,1-3H3. The Kier molecular flexibility index (Phi) is 3.80. The van der Waals surface area contributed by atoms with Gasteiger partial charge in [-0.2, -0.15) is 0 Å². The Labute approximate surface area is 167 Å². The van der Waals surface area contributed by atoms with E-state index in [4.69, 9.17) is 0 Å². The maximum absolute atomic E-state index is 2.51. The van der Waals surface area contributed by atoms with Gasteiger partial charge in [-0.3, -0.25) is 0 Å². The largest absolute Gasteiger partial charge is 0.340 e. The summed E-state index contributed by atoms with van der Waals surface area (Å²) < 4.78 is 0. The average molecular weight is 364 g/mol. The molecule has 1 aliphatic heterocycles. The lowest BCUT2D eigenvalue weighted by molar-refractivity contribution is 0.566. The SMILES string of the molecule is Cc1cc2ccccc2c2c1C(C)(C)CN2c1ccc(-c2ccccc2)cc1. The van der Waals surface area contributed by atoms with Crippen molar-refractivity contribution in [3.63, 3.8) is 0 Å². The van der Waals surface area contributed by atoms with Gasteiger partial charge in [-0.1, -0.05) is 86.6 Å². The Balaban J connectivity index is 1.66. The lowest BCUT2D eigenvalue weighted by Gasteiger charge is -2.23. The molecule has 1 heteroatoms. The summed E-state index contributed by atoms with van der Waals surface area (Å²) in [5.74, 6) is 0. The molecule has 0 aliphatic carbocycles. The Morgan fingerprint density at radius 3 is 2.14 bits per heavy atom. The summed E-state index contributed by atoms with van der Waals surface area (Å²) in [7, 11) is 0. The van der Waals surface area contributed by atoms with Gasteiger partial charge in [-0.05, 0) is 46.7 Å². The van der Waals surface area contributed by atoms with E-state index in [9.17, 15) is 0 Å². The van der Waals surface area contributed by atoms with Crippen LogP contribution < -0.4 is 4.90 Å². The van der Waals surface area contributed by atoms with Gasteiger partial charge < -0.3 is 4.90 Å². The van der Waals surface area contributed by atoms with Crippen LogP contribution in [-0.4, -0.2) is 6.54 Å². The molecule has 0 radical (unpaired) electrons. The van der Waals surface area contributed by atoms with E-state index in [0.717, 1.165) is 6.54 Å². The van der Waals surface area contributed by atoms with Gasteiger partial charge in [-0.25, -0.2) is 0 Å². The van der Waals surface area contributed by atoms with Crippen molar-refractivity contribution in [3.8, 4) is 11.1 Å². The molecule has 4 aromatic rings. The normalized spacial score (nSPS) is 15.0. The van der Waals surface area contributed by atoms with Crippen molar-refractivity contribution in [2.45, 2.75) is 26.2 Å². The van der Waals surface area contributed by atoms with Gasteiger partial charge in [-0.15, -0.1) is 0 Å². The van der Waals surface area contributed by atoms with Crippen LogP contribution in [-0.2, 0) is 5.41 Å². The Morgan fingerprint density at radius 1 is 0.750 bits per heavy atom. The number of anilines is 2. The summed E-state index contributed by atoms with van der Waals surface area (Å²) in [5, 5.41) is 2.67. The molecule has 0 saturated heterocycles. The van der Waals surface area contributed by atoms with E-state index in [2.05, 4.69) is 111 Å². The number of fused-ring (bicyclic) bond motifs is 3. The van der Waals surface area contributed by atoms with Crippen molar-refractivity contribution >= 4 is 22.1 Å². The molecular formula is C27H25N. The van der Waals surface area contributed by atoms with Gasteiger partial charge in [0.2, 0.25) is 0 Å². The molecule has 0 amide bonds. The molecule has 1 aliphatic rings. The number of nitrogens with zero attached hydrogens (tertiary/aromatic N) is 1. The highest BCUT2D eigenvalue weighted by molar-refractivity contribution is 6.00. The van der Waals surface area contributed by atoms with Crippen LogP contribution in [0.2, 0.25) is 0 Å². The van der Waals surface area contributed by atoms with Crippen LogP contribution >= 0.6 is 0 Å². The molecule has 0 fully saturated rings. The average Bonchev–Trinajstić information content (AvgIpc) is 3.01. The first-order chi connectivity index (χ1) is 13.5. The smallest absolute Gasteiger partial charge is 0.0532 e. The summed E-state index contributed by atoms with van der Waals surface area (Å²) in [6.45, 7) is 7.99. The van der Waals surface area contributed by atoms with Gasteiger partial charge in [0.1, 0.15) is 0 Å². The first kappa shape index (κ1) is 17.1. The minimum atomic E-state index is 0.127. The predicted octanol–water partition coefficient (Wildman–Crippen LogP) is 7.24. The number of hydrogen-bond acceptors (Lipinski definition) is 1.